The first kappa shape index (κ1) is 13.5. The fourth-order valence-corrected chi connectivity index (χ4v) is 1.37. The molecule has 1 aromatic carbocycles. The van der Waals surface area contributed by atoms with Gasteiger partial charge in [-0.1, -0.05) is 12.1 Å². The average molecular weight is 236 g/mol. The van der Waals surface area contributed by atoms with Gasteiger partial charge >= 0.3 is 0 Å². The van der Waals surface area contributed by atoms with Crippen molar-refractivity contribution in [1.29, 1.82) is 0 Å². The van der Waals surface area contributed by atoms with Gasteiger partial charge in [-0.2, -0.15) is 0 Å². The van der Waals surface area contributed by atoms with Crippen molar-refractivity contribution >= 4 is 5.91 Å². The molecule has 1 aromatic rings. The molecule has 3 N–H and O–H groups in total. The third kappa shape index (κ3) is 5.36. The predicted octanol–water partition coefficient (Wildman–Crippen LogP) is 1.23. The lowest BCUT2D eigenvalue weighted by Gasteiger charge is -2.11. The lowest BCUT2D eigenvalue weighted by Crippen LogP contribution is -2.38. The topological polar surface area (TPSA) is 64.3 Å². The molecule has 0 aliphatic rings. The van der Waals surface area contributed by atoms with E-state index in [2.05, 4.69) is 5.32 Å². The zero-order chi connectivity index (χ0) is 12.7. The number of carbonyl (C=O) groups is 1. The van der Waals surface area contributed by atoms with E-state index in [0.717, 1.165) is 11.3 Å². The molecule has 4 heteroatoms. The molecule has 4 nitrogen and oxygen atoms in total. The lowest BCUT2D eigenvalue weighted by molar-refractivity contribution is -0.122. The summed E-state index contributed by atoms with van der Waals surface area (Å²) in [4.78, 5) is 11.4. The summed E-state index contributed by atoms with van der Waals surface area (Å²) in [5, 5.41) is 2.78. The van der Waals surface area contributed by atoms with Gasteiger partial charge in [0.1, 0.15) is 5.75 Å². The average Bonchev–Trinajstić information content (AvgIpc) is 2.29. The van der Waals surface area contributed by atoms with Crippen LogP contribution in [0.1, 0.15) is 18.9 Å². The van der Waals surface area contributed by atoms with Crippen LogP contribution in [0.25, 0.3) is 0 Å². The van der Waals surface area contributed by atoms with Gasteiger partial charge in [-0.15, -0.1) is 0 Å². The molecule has 0 fully saturated rings. The van der Waals surface area contributed by atoms with Gasteiger partial charge in [0.25, 0.3) is 0 Å². The maximum Gasteiger partial charge on any atom is 0.223 e. The molecule has 0 heterocycles. The molecular weight excluding hydrogens is 216 g/mol. The number of nitrogens with two attached hydrogens (primary N) is 1. The highest BCUT2D eigenvalue weighted by Gasteiger charge is 2.05. The fraction of sp³-hybridized carbons (Fsp3) is 0.462. The lowest BCUT2D eigenvalue weighted by atomic mass is 10.2. The molecule has 0 saturated heterocycles. The molecule has 0 aliphatic carbocycles. The van der Waals surface area contributed by atoms with E-state index < -0.39 is 0 Å². The molecule has 94 valence electrons. The minimum absolute atomic E-state index is 0.0152. The van der Waals surface area contributed by atoms with Crippen LogP contribution in [0.4, 0.5) is 0 Å². The Morgan fingerprint density at radius 1 is 1.53 bits per heavy atom. The van der Waals surface area contributed by atoms with Gasteiger partial charge in [-0.3, -0.25) is 4.79 Å². The van der Waals surface area contributed by atoms with Gasteiger partial charge in [-0.05, 0) is 31.5 Å². The first-order valence-corrected chi connectivity index (χ1v) is 5.80. The molecule has 0 aliphatic heterocycles. The van der Waals surface area contributed by atoms with Crippen LogP contribution in [0.2, 0.25) is 0 Å². The third-order valence-corrected chi connectivity index (χ3v) is 2.35. The van der Waals surface area contributed by atoms with E-state index in [1.54, 1.807) is 0 Å². The molecule has 1 atom stereocenters. The van der Waals surface area contributed by atoms with E-state index in [4.69, 9.17) is 10.5 Å². The number of amides is 1. The highest BCUT2D eigenvalue weighted by atomic mass is 16.5. The van der Waals surface area contributed by atoms with E-state index in [1.807, 2.05) is 38.1 Å². The van der Waals surface area contributed by atoms with Crippen LogP contribution < -0.4 is 15.8 Å². The summed E-state index contributed by atoms with van der Waals surface area (Å²) in [6.45, 7) is 4.71. The van der Waals surface area contributed by atoms with Gasteiger partial charge in [-0.25, -0.2) is 0 Å². The minimum Gasteiger partial charge on any atom is -0.493 e. The van der Waals surface area contributed by atoms with Crippen molar-refractivity contribution in [2.24, 2.45) is 5.73 Å². The summed E-state index contributed by atoms with van der Waals surface area (Å²) in [7, 11) is 0. The summed E-state index contributed by atoms with van der Waals surface area (Å²) < 4.78 is 5.48. The van der Waals surface area contributed by atoms with E-state index in [-0.39, 0.29) is 11.9 Å². The van der Waals surface area contributed by atoms with Crippen LogP contribution in [0.15, 0.2) is 24.3 Å². The Bertz CT molecular complexity index is 366. The standard InChI is InChI=1S/C13H20N2O2/c1-10-4-3-5-12(8-10)17-7-6-13(16)15-11(2)9-14/h3-5,8,11H,6-7,9,14H2,1-2H3,(H,15,16)/t11-/m1/s1. The van der Waals surface area contributed by atoms with Gasteiger partial charge in [0.05, 0.1) is 13.0 Å². The largest absolute Gasteiger partial charge is 0.493 e. The van der Waals surface area contributed by atoms with Crippen LogP contribution in [0.5, 0.6) is 5.75 Å². The zero-order valence-electron chi connectivity index (χ0n) is 10.4. The Labute approximate surface area is 102 Å². The van der Waals surface area contributed by atoms with Crippen molar-refractivity contribution in [3.8, 4) is 5.75 Å². The van der Waals surface area contributed by atoms with Gasteiger partial charge in [0.15, 0.2) is 0 Å². The van der Waals surface area contributed by atoms with E-state index >= 15 is 0 Å². The zero-order valence-corrected chi connectivity index (χ0v) is 10.4. The van der Waals surface area contributed by atoms with Crippen LogP contribution >= 0.6 is 0 Å². The number of nitrogens with one attached hydrogen (secondary N) is 1. The van der Waals surface area contributed by atoms with E-state index in [1.165, 1.54) is 0 Å². The maximum atomic E-state index is 11.4. The molecule has 1 amide bonds. The monoisotopic (exact) mass is 236 g/mol. The molecule has 1 rings (SSSR count). The molecule has 17 heavy (non-hydrogen) atoms. The quantitative estimate of drug-likeness (QED) is 0.780. The van der Waals surface area contributed by atoms with Crippen molar-refractivity contribution in [3.63, 3.8) is 0 Å². The second kappa shape index (κ2) is 6.91. The van der Waals surface area contributed by atoms with Gasteiger partial charge in [0.2, 0.25) is 5.91 Å². The number of hydrogen-bond donors (Lipinski definition) is 2. The summed E-state index contributed by atoms with van der Waals surface area (Å²) in [5.74, 6) is 0.764. The van der Waals surface area contributed by atoms with Crippen LogP contribution in [0, 0.1) is 6.92 Å². The molecule has 0 aromatic heterocycles. The highest BCUT2D eigenvalue weighted by Crippen LogP contribution is 2.12. The second-order valence-corrected chi connectivity index (χ2v) is 4.12. The smallest absolute Gasteiger partial charge is 0.223 e. The predicted molar refractivity (Wildman–Crippen MR) is 68.0 cm³/mol. The normalized spacial score (nSPS) is 11.9. The molecule has 0 spiro atoms. The molecule has 0 saturated carbocycles. The summed E-state index contributed by atoms with van der Waals surface area (Å²) >= 11 is 0. The number of hydrogen-bond acceptors (Lipinski definition) is 3. The first-order valence-electron chi connectivity index (χ1n) is 5.80. The number of rotatable bonds is 6. The van der Waals surface area contributed by atoms with Gasteiger partial charge < -0.3 is 15.8 Å². The van der Waals surface area contributed by atoms with Crippen molar-refractivity contribution in [3.05, 3.63) is 29.8 Å². The van der Waals surface area contributed by atoms with Gasteiger partial charge in [0, 0.05) is 12.6 Å². The first-order chi connectivity index (χ1) is 8.11. The third-order valence-electron chi connectivity index (χ3n) is 2.35. The van der Waals surface area contributed by atoms with E-state index in [0.29, 0.717) is 19.6 Å². The molecule has 0 bridgehead atoms. The summed E-state index contributed by atoms with van der Waals surface area (Å²) in [6.07, 6.45) is 0.346. The number of carbonyl (C=O) groups excluding carboxylic acids is 1. The van der Waals surface area contributed by atoms with Crippen LogP contribution in [0.3, 0.4) is 0 Å². The van der Waals surface area contributed by atoms with Crippen molar-refractivity contribution in [2.45, 2.75) is 26.3 Å². The summed E-state index contributed by atoms with van der Waals surface area (Å²) in [6, 6.07) is 7.78. The SMILES string of the molecule is Cc1cccc(OCCC(=O)N[C@H](C)CN)c1. The fourth-order valence-electron chi connectivity index (χ4n) is 1.37. The molecule has 0 unspecified atom stereocenters. The second-order valence-electron chi connectivity index (χ2n) is 4.12. The Morgan fingerprint density at radius 2 is 2.29 bits per heavy atom. The highest BCUT2D eigenvalue weighted by molar-refractivity contribution is 5.76. The van der Waals surface area contributed by atoms with Crippen molar-refractivity contribution < 1.29 is 9.53 Å². The maximum absolute atomic E-state index is 11.4. The number of ether oxygens (including phenoxy) is 1. The van der Waals surface area contributed by atoms with Crippen molar-refractivity contribution in [2.75, 3.05) is 13.2 Å². The van der Waals surface area contributed by atoms with Crippen LogP contribution in [-0.2, 0) is 4.79 Å². The number of aryl methyl sites for hydroxylation is 1. The molecule has 0 radical (unpaired) electrons. The van der Waals surface area contributed by atoms with Crippen LogP contribution in [-0.4, -0.2) is 25.1 Å². The minimum atomic E-state index is -0.0318. The Kier molecular flexibility index (Phi) is 5.49. The molecular formula is C13H20N2O2. The Balaban J connectivity index is 2.26. The Morgan fingerprint density at radius 3 is 2.94 bits per heavy atom. The summed E-state index contributed by atoms with van der Waals surface area (Å²) in [5.41, 5.74) is 6.55. The number of benzene rings is 1. The van der Waals surface area contributed by atoms with E-state index in [9.17, 15) is 4.79 Å². The Hall–Kier alpha value is -1.55. The van der Waals surface area contributed by atoms with Crippen molar-refractivity contribution in [1.82, 2.24) is 5.32 Å².